The Balaban J connectivity index is 3.08. The summed E-state index contributed by atoms with van der Waals surface area (Å²) in [5, 5.41) is 10.7. The summed E-state index contributed by atoms with van der Waals surface area (Å²) in [7, 11) is 3.23. The molecule has 0 spiro atoms. The SMILES string of the molecule is CN(C(=O)c1cc([N+](=O)[O-])cn1C)C(C)(C)CCl. The molecule has 0 radical (unpaired) electrons. The molecule has 1 amide bonds. The van der Waals surface area contributed by atoms with E-state index in [2.05, 4.69) is 0 Å². The highest BCUT2D eigenvalue weighted by molar-refractivity contribution is 6.18. The number of aryl methyl sites for hydroxylation is 1. The lowest BCUT2D eigenvalue weighted by Gasteiger charge is -2.33. The number of hydrogen-bond acceptors (Lipinski definition) is 3. The standard InChI is InChI=1S/C11H16ClN3O3/c1-11(2,7-12)14(4)10(16)9-5-8(15(17)18)6-13(9)3/h5-6H,7H2,1-4H3. The second-order valence-electron chi connectivity index (χ2n) is 4.76. The van der Waals surface area contributed by atoms with Crippen molar-refractivity contribution in [3.05, 3.63) is 28.1 Å². The molecular formula is C11H16ClN3O3. The first-order chi connectivity index (χ1) is 8.20. The van der Waals surface area contributed by atoms with Crippen molar-refractivity contribution in [3.8, 4) is 0 Å². The van der Waals surface area contributed by atoms with Gasteiger partial charge in [0.25, 0.3) is 11.6 Å². The molecule has 0 aromatic carbocycles. The van der Waals surface area contributed by atoms with E-state index in [1.54, 1.807) is 14.1 Å². The monoisotopic (exact) mass is 273 g/mol. The lowest BCUT2D eigenvalue weighted by atomic mass is 10.1. The minimum absolute atomic E-state index is 0.0991. The number of aromatic nitrogens is 1. The molecule has 100 valence electrons. The first kappa shape index (κ1) is 14.5. The van der Waals surface area contributed by atoms with Gasteiger partial charge in [-0.3, -0.25) is 14.9 Å². The molecule has 1 aromatic heterocycles. The number of rotatable bonds is 4. The first-order valence-electron chi connectivity index (χ1n) is 5.35. The van der Waals surface area contributed by atoms with Gasteiger partial charge < -0.3 is 9.47 Å². The van der Waals surface area contributed by atoms with Crippen molar-refractivity contribution in [3.63, 3.8) is 0 Å². The van der Waals surface area contributed by atoms with Crippen LogP contribution in [0.3, 0.4) is 0 Å². The Morgan fingerprint density at radius 2 is 2.17 bits per heavy atom. The van der Waals surface area contributed by atoms with Gasteiger partial charge in [-0.1, -0.05) is 0 Å². The molecule has 0 N–H and O–H groups in total. The Morgan fingerprint density at radius 1 is 1.61 bits per heavy atom. The van der Waals surface area contributed by atoms with E-state index in [0.29, 0.717) is 0 Å². The molecule has 1 aromatic rings. The quantitative estimate of drug-likeness (QED) is 0.479. The van der Waals surface area contributed by atoms with E-state index in [4.69, 9.17) is 11.6 Å². The van der Waals surface area contributed by atoms with E-state index in [1.165, 1.54) is 21.7 Å². The molecular weight excluding hydrogens is 258 g/mol. The average molecular weight is 274 g/mol. The van der Waals surface area contributed by atoms with Gasteiger partial charge in [0, 0.05) is 26.0 Å². The Morgan fingerprint density at radius 3 is 2.56 bits per heavy atom. The van der Waals surface area contributed by atoms with Crippen molar-refractivity contribution in [1.29, 1.82) is 0 Å². The molecule has 0 atom stereocenters. The minimum Gasteiger partial charge on any atom is -0.340 e. The van der Waals surface area contributed by atoms with Crippen LogP contribution in [0.2, 0.25) is 0 Å². The van der Waals surface area contributed by atoms with Crippen molar-refractivity contribution < 1.29 is 9.72 Å². The van der Waals surface area contributed by atoms with E-state index in [0.717, 1.165) is 0 Å². The van der Waals surface area contributed by atoms with E-state index >= 15 is 0 Å². The Labute approximate surface area is 110 Å². The molecule has 1 rings (SSSR count). The van der Waals surface area contributed by atoms with Crippen molar-refractivity contribution in [1.82, 2.24) is 9.47 Å². The zero-order chi connectivity index (χ0) is 14.1. The molecule has 0 unspecified atom stereocenters. The summed E-state index contributed by atoms with van der Waals surface area (Å²) in [6.45, 7) is 3.66. The number of nitro groups is 1. The highest BCUT2D eigenvalue weighted by Gasteiger charge is 2.29. The number of carbonyl (C=O) groups excluding carboxylic acids is 1. The van der Waals surface area contributed by atoms with Gasteiger partial charge in [-0.05, 0) is 13.8 Å². The van der Waals surface area contributed by atoms with Crippen LogP contribution in [0.5, 0.6) is 0 Å². The number of amides is 1. The second-order valence-corrected chi connectivity index (χ2v) is 5.03. The molecule has 18 heavy (non-hydrogen) atoms. The predicted octanol–water partition coefficient (Wildman–Crippen LogP) is 2.02. The summed E-state index contributed by atoms with van der Waals surface area (Å²) >= 11 is 5.81. The molecule has 1 heterocycles. The van der Waals surface area contributed by atoms with Gasteiger partial charge in [-0.2, -0.15) is 0 Å². The van der Waals surface area contributed by atoms with Crippen LogP contribution in [0.4, 0.5) is 5.69 Å². The van der Waals surface area contributed by atoms with Gasteiger partial charge >= 0.3 is 0 Å². The Bertz CT molecular complexity index is 482. The van der Waals surface area contributed by atoms with E-state index < -0.39 is 10.5 Å². The van der Waals surface area contributed by atoms with Gasteiger partial charge in [0.2, 0.25) is 0 Å². The van der Waals surface area contributed by atoms with Gasteiger partial charge in [0.15, 0.2) is 0 Å². The summed E-state index contributed by atoms with van der Waals surface area (Å²) in [5.41, 5.74) is -0.349. The Kier molecular flexibility index (Phi) is 4.01. The fraction of sp³-hybridized carbons (Fsp3) is 0.545. The van der Waals surface area contributed by atoms with Crippen LogP contribution in [0.15, 0.2) is 12.3 Å². The van der Waals surface area contributed by atoms with Crippen LogP contribution in [-0.2, 0) is 7.05 Å². The summed E-state index contributed by atoms with van der Waals surface area (Å²) in [5.74, 6) is -0.0156. The van der Waals surface area contributed by atoms with Gasteiger partial charge in [-0.15, -0.1) is 11.6 Å². The van der Waals surface area contributed by atoms with Crippen molar-refractivity contribution >= 4 is 23.2 Å². The third kappa shape index (κ3) is 2.64. The van der Waals surface area contributed by atoms with E-state index in [9.17, 15) is 14.9 Å². The number of halogens is 1. The van der Waals surface area contributed by atoms with Crippen molar-refractivity contribution in [2.75, 3.05) is 12.9 Å². The van der Waals surface area contributed by atoms with E-state index in [1.807, 2.05) is 13.8 Å². The van der Waals surface area contributed by atoms with Gasteiger partial charge in [0.05, 0.1) is 16.7 Å². The minimum atomic E-state index is -0.524. The van der Waals surface area contributed by atoms with Crippen LogP contribution < -0.4 is 0 Å². The zero-order valence-corrected chi connectivity index (χ0v) is 11.6. The largest absolute Gasteiger partial charge is 0.340 e. The summed E-state index contributed by atoms with van der Waals surface area (Å²) in [4.78, 5) is 23.8. The summed E-state index contributed by atoms with van der Waals surface area (Å²) in [6, 6.07) is 1.27. The smallest absolute Gasteiger partial charge is 0.287 e. The maximum atomic E-state index is 12.2. The second kappa shape index (κ2) is 4.97. The zero-order valence-electron chi connectivity index (χ0n) is 10.8. The number of nitrogens with zero attached hydrogens (tertiary/aromatic N) is 3. The normalized spacial score (nSPS) is 11.4. The van der Waals surface area contributed by atoms with Crippen LogP contribution in [0.25, 0.3) is 0 Å². The van der Waals surface area contributed by atoms with Crippen LogP contribution >= 0.6 is 11.6 Å². The molecule has 0 fully saturated rings. The molecule has 0 saturated carbocycles. The first-order valence-corrected chi connectivity index (χ1v) is 5.89. The van der Waals surface area contributed by atoms with Gasteiger partial charge in [0.1, 0.15) is 5.69 Å². The van der Waals surface area contributed by atoms with Gasteiger partial charge in [-0.25, -0.2) is 0 Å². The summed E-state index contributed by atoms with van der Waals surface area (Å²) < 4.78 is 1.45. The molecule has 0 aliphatic carbocycles. The third-order valence-corrected chi connectivity index (χ3v) is 3.61. The molecule has 0 aliphatic heterocycles. The average Bonchev–Trinajstić information content (AvgIpc) is 2.69. The molecule has 0 saturated heterocycles. The fourth-order valence-corrected chi connectivity index (χ4v) is 1.58. The van der Waals surface area contributed by atoms with Crippen LogP contribution in [0.1, 0.15) is 24.3 Å². The predicted molar refractivity (Wildman–Crippen MR) is 69.0 cm³/mol. The molecule has 0 bridgehead atoms. The highest BCUT2D eigenvalue weighted by Crippen LogP contribution is 2.21. The Hall–Kier alpha value is -1.56. The maximum Gasteiger partial charge on any atom is 0.287 e. The number of hydrogen-bond donors (Lipinski definition) is 0. The highest BCUT2D eigenvalue weighted by atomic mass is 35.5. The van der Waals surface area contributed by atoms with Crippen molar-refractivity contribution in [2.24, 2.45) is 7.05 Å². The molecule has 0 aliphatic rings. The fourth-order valence-electron chi connectivity index (χ4n) is 1.40. The van der Waals surface area contributed by atoms with Crippen molar-refractivity contribution in [2.45, 2.75) is 19.4 Å². The van der Waals surface area contributed by atoms with E-state index in [-0.39, 0.29) is 23.2 Å². The van der Waals surface area contributed by atoms with Crippen LogP contribution in [0, 0.1) is 10.1 Å². The summed E-state index contributed by atoms with van der Waals surface area (Å²) in [6.07, 6.45) is 1.31. The topological polar surface area (TPSA) is 68.4 Å². The van der Waals surface area contributed by atoms with Crippen LogP contribution in [-0.4, -0.2) is 38.8 Å². The number of carbonyl (C=O) groups is 1. The molecule has 6 nitrogen and oxygen atoms in total. The lowest BCUT2D eigenvalue weighted by molar-refractivity contribution is -0.384. The maximum absolute atomic E-state index is 12.2. The lowest BCUT2D eigenvalue weighted by Crippen LogP contribution is -2.46. The third-order valence-electron chi connectivity index (χ3n) is 2.96. The molecule has 7 heteroatoms. The number of alkyl halides is 1.